The van der Waals surface area contributed by atoms with Gasteiger partial charge in [-0.3, -0.25) is 19.1 Å². The minimum absolute atomic E-state index is 0.0410. The Balaban J connectivity index is 4.44. The molecule has 0 aromatic carbocycles. The second kappa shape index (κ2) is 7.80. The predicted molar refractivity (Wildman–Crippen MR) is 66.3 cm³/mol. The van der Waals surface area contributed by atoms with Crippen LogP contribution in [-0.2, 0) is 25.1 Å². The van der Waals surface area contributed by atoms with Gasteiger partial charge in [-0.05, 0) is 6.92 Å². The van der Waals surface area contributed by atoms with Crippen LogP contribution in [0.25, 0.3) is 0 Å². The molecule has 2 N–H and O–H groups in total. The lowest BCUT2D eigenvalue weighted by atomic mass is 10.3. The smallest absolute Gasteiger partial charge is 0.321 e. The zero-order valence-corrected chi connectivity index (χ0v) is 11.6. The number of hydrogen-bond donors (Lipinski definition) is 2. The van der Waals surface area contributed by atoms with Gasteiger partial charge in [-0.25, -0.2) is 4.79 Å². The van der Waals surface area contributed by atoms with Gasteiger partial charge in [0, 0.05) is 23.1 Å². The summed E-state index contributed by atoms with van der Waals surface area (Å²) in [6.45, 7) is 3.01. The summed E-state index contributed by atoms with van der Waals surface area (Å²) in [6, 6.07) is -0.663. The first-order valence-corrected chi connectivity index (χ1v) is 6.59. The van der Waals surface area contributed by atoms with E-state index in [1.54, 1.807) is 6.92 Å². The number of amides is 3. The van der Waals surface area contributed by atoms with Crippen LogP contribution in [0.5, 0.6) is 0 Å². The summed E-state index contributed by atoms with van der Waals surface area (Å²) in [5.74, 6) is -1.14. The Hall–Kier alpha value is -1.44. The van der Waals surface area contributed by atoms with Crippen LogP contribution < -0.4 is 10.6 Å². The maximum atomic E-state index is 11.9. The molecular formula is C10H18N2O5S. The van der Waals surface area contributed by atoms with Gasteiger partial charge in [-0.15, -0.1) is 0 Å². The van der Waals surface area contributed by atoms with Crippen LogP contribution in [0.15, 0.2) is 0 Å². The number of carbonyl (C=O) groups is 3. The Labute approximate surface area is 108 Å². The van der Waals surface area contributed by atoms with E-state index in [1.807, 2.05) is 5.32 Å². The molecule has 0 spiro atoms. The van der Waals surface area contributed by atoms with E-state index in [4.69, 9.17) is 0 Å². The van der Waals surface area contributed by atoms with Gasteiger partial charge in [0.25, 0.3) is 0 Å². The monoisotopic (exact) mass is 278 g/mol. The first-order chi connectivity index (χ1) is 8.33. The van der Waals surface area contributed by atoms with E-state index in [2.05, 4.69) is 10.1 Å². The molecule has 3 atom stereocenters. The van der Waals surface area contributed by atoms with Crippen molar-refractivity contribution >= 4 is 28.7 Å². The summed E-state index contributed by atoms with van der Waals surface area (Å²) in [6.07, 6.45) is -0.0410. The summed E-state index contributed by atoms with van der Waals surface area (Å²) in [4.78, 5) is 33.5. The molecule has 8 heteroatoms. The number of rotatable bonds is 5. The fourth-order valence-corrected chi connectivity index (χ4v) is 2.40. The van der Waals surface area contributed by atoms with Crippen LogP contribution >= 0.6 is 0 Å². The van der Waals surface area contributed by atoms with E-state index < -0.39 is 39.2 Å². The molecule has 0 aliphatic carbocycles. The molecule has 18 heavy (non-hydrogen) atoms. The molecule has 0 bridgehead atoms. The molecule has 0 radical (unpaired) electrons. The second-order valence-electron chi connectivity index (χ2n) is 3.63. The molecular weight excluding hydrogens is 260 g/mol. The molecule has 7 nitrogen and oxygen atoms in total. The van der Waals surface area contributed by atoms with Gasteiger partial charge in [0.2, 0.25) is 5.91 Å². The highest BCUT2D eigenvalue weighted by Crippen LogP contribution is 2.08. The Morgan fingerprint density at radius 3 is 2.28 bits per heavy atom. The lowest BCUT2D eigenvalue weighted by molar-refractivity contribution is -0.140. The number of imide groups is 1. The van der Waals surface area contributed by atoms with Gasteiger partial charge >= 0.3 is 12.0 Å². The van der Waals surface area contributed by atoms with Crippen LogP contribution in [0.1, 0.15) is 20.3 Å². The summed E-state index contributed by atoms with van der Waals surface area (Å²) >= 11 is 0. The lowest BCUT2D eigenvalue weighted by Crippen LogP contribution is -2.44. The van der Waals surface area contributed by atoms with Crippen LogP contribution in [0.3, 0.4) is 0 Å². The maximum Gasteiger partial charge on any atom is 0.321 e. The van der Waals surface area contributed by atoms with Gasteiger partial charge < -0.3 is 10.1 Å². The van der Waals surface area contributed by atoms with Crippen molar-refractivity contribution in [1.82, 2.24) is 10.6 Å². The quantitative estimate of drug-likeness (QED) is 0.662. The minimum Gasteiger partial charge on any atom is -0.469 e. The third-order valence-corrected chi connectivity index (χ3v) is 4.13. The third-order valence-electron chi connectivity index (χ3n) is 2.26. The van der Waals surface area contributed by atoms with E-state index in [1.165, 1.54) is 21.1 Å². The van der Waals surface area contributed by atoms with E-state index in [0.29, 0.717) is 0 Å². The number of nitrogens with one attached hydrogen (secondary N) is 2. The topological polar surface area (TPSA) is 102 Å². The van der Waals surface area contributed by atoms with Crippen molar-refractivity contribution in [2.75, 3.05) is 14.2 Å². The lowest BCUT2D eigenvalue weighted by Gasteiger charge is -2.15. The Morgan fingerprint density at radius 1 is 1.28 bits per heavy atom. The fourth-order valence-electron chi connectivity index (χ4n) is 1.13. The standard InChI is InChI=1S/C10H18N2O5S/c1-6(5-8(13)17-4)18(16)7(2)9(14)12-10(15)11-3/h6-7H,5H2,1-4H3,(H2,11,12,14,15). The van der Waals surface area contributed by atoms with E-state index in [9.17, 15) is 18.6 Å². The largest absolute Gasteiger partial charge is 0.469 e. The third kappa shape index (κ3) is 5.26. The summed E-state index contributed by atoms with van der Waals surface area (Å²) < 4.78 is 16.4. The molecule has 0 aliphatic heterocycles. The minimum atomic E-state index is -1.57. The first kappa shape index (κ1) is 16.6. The van der Waals surface area contributed by atoms with E-state index in [-0.39, 0.29) is 6.42 Å². The SMILES string of the molecule is CNC(=O)NC(=O)C(C)S(=O)C(C)CC(=O)OC. The Kier molecular flexibility index (Phi) is 7.18. The molecule has 0 aromatic heterocycles. The molecule has 0 heterocycles. The fraction of sp³-hybridized carbons (Fsp3) is 0.700. The highest BCUT2D eigenvalue weighted by molar-refractivity contribution is 7.87. The van der Waals surface area contributed by atoms with Crippen molar-refractivity contribution in [3.8, 4) is 0 Å². The van der Waals surface area contributed by atoms with Crippen molar-refractivity contribution in [2.24, 2.45) is 0 Å². The highest BCUT2D eigenvalue weighted by Gasteiger charge is 2.27. The van der Waals surface area contributed by atoms with Crippen molar-refractivity contribution in [3.05, 3.63) is 0 Å². The van der Waals surface area contributed by atoms with Gasteiger partial charge in [0.1, 0.15) is 5.25 Å². The van der Waals surface area contributed by atoms with E-state index >= 15 is 0 Å². The number of hydrogen-bond acceptors (Lipinski definition) is 5. The second-order valence-corrected chi connectivity index (χ2v) is 5.80. The average molecular weight is 278 g/mol. The molecule has 0 fully saturated rings. The molecule has 3 unspecified atom stereocenters. The van der Waals surface area contributed by atoms with Crippen molar-refractivity contribution < 1.29 is 23.3 Å². The number of urea groups is 1. The van der Waals surface area contributed by atoms with Crippen LogP contribution in [0, 0.1) is 0 Å². The van der Waals surface area contributed by atoms with Crippen LogP contribution in [0.4, 0.5) is 4.79 Å². The molecule has 0 rings (SSSR count). The number of ether oxygens (including phenoxy) is 1. The number of carbonyl (C=O) groups excluding carboxylic acids is 3. The summed E-state index contributed by atoms with van der Waals surface area (Å²) in [5.41, 5.74) is 0. The van der Waals surface area contributed by atoms with Crippen molar-refractivity contribution in [1.29, 1.82) is 0 Å². The average Bonchev–Trinajstić information content (AvgIpc) is 2.36. The molecule has 0 aromatic rings. The summed E-state index contributed by atoms with van der Waals surface area (Å²) in [7, 11) is 1.03. The van der Waals surface area contributed by atoms with Gasteiger partial charge in [0.15, 0.2) is 0 Å². The van der Waals surface area contributed by atoms with Crippen molar-refractivity contribution in [2.45, 2.75) is 30.8 Å². The molecule has 3 amide bonds. The summed E-state index contributed by atoms with van der Waals surface area (Å²) in [5, 5.41) is 2.84. The van der Waals surface area contributed by atoms with Crippen molar-refractivity contribution in [3.63, 3.8) is 0 Å². The molecule has 0 aliphatic rings. The maximum absolute atomic E-state index is 11.9. The van der Waals surface area contributed by atoms with Gasteiger partial charge in [-0.2, -0.15) is 0 Å². The molecule has 104 valence electrons. The normalized spacial score (nSPS) is 15.1. The van der Waals surface area contributed by atoms with Gasteiger partial charge in [-0.1, -0.05) is 6.92 Å². The zero-order chi connectivity index (χ0) is 14.3. The van der Waals surface area contributed by atoms with E-state index in [0.717, 1.165) is 0 Å². The van der Waals surface area contributed by atoms with Gasteiger partial charge in [0.05, 0.1) is 13.5 Å². The number of methoxy groups -OCH3 is 1. The Morgan fingerprint density at radius 2 is 1.83 bits per heavy atom. The molecule has 0 saturated carbocycles. The van der Waals surface area contributed by atoms with Crippen LogP contribution in [-0.4, -0.2) is 46.8 Å². The highest BCUT2D eigenvalue weighted by atomic mass is 32.2. The first-order valence-electron chi connectivity index (χ1n) is 5.32. The predicted octanol–water partition coefficient (Wildman–Crippen LogP) is -0.469. The Bertz CT molecular complexity index is 358. The number of esters is 1. The van der Waals surface area contributed by atoms with Crippen LogP contribution in [0.2, 0.25) is 0 Å². The molecule has 0 saturated heterocycles. The zero-order valence-electron chi connectivity index (χ0n) is 10.8.